The van der Waals surface area contributed by atoms with E-state index >= 15 is 0 Å². The Morgan fingerprint density at radius 1 is 1.44 bits per heavy atom. The number of ether oxygens (including phenoxy) is 1. The number of methoxy groups -OCH3 is 1. The molecule has 1 aliphatic carbocycles. The number of aromatic nitrogens is 1. The summed E-state index contributed by atoms with van der Waals surface area (Å²) in [7, 11) is 1.65. The summed E-state index contributed by atoms with van der Waals surface area (Å²) in [5.74, 6) is 1.56. The molecular formula is C13H20N2O. The van der Waals surface area contributed by atoms with Gasteiger partial charge in [-0.15, -0.1) is 0 Å². The van der Waals surface area contributed by atoms with E-state index in [1.54, 1.807) is 7.11 Å². The Kier molecular flexibility index (Phi) is 3.78. The van der Waals surface area contributed by atoms with Crippen molar-refractivity contribution in [3.05, 3.63) is 23.9 Å². The summed E-state index contributed by atoms with van der Waals surface area (Å²) >= 11 is 0. The van der Waals surface area contributed by atoms with Crippen molar-refractivity contribution < 1.29 is 4.74 Å². The van der Waals surface area contributed by atoms with Crippen molar-refractivity contribution >= 4 is 0 Å². The molecule has 88 valence electrons. The molecule has 0 aromatic carbocycles. The number of nitrogens with zero attached hydrogens (tertiary/aromatic N) is 1. The molecule has 0 aliphatic heterocycles. The molecule has 1 heterocycles. The monoisotopic (exact) mass is 220 g/mol. The van der Waals surface area contributed by atoms with Crippen LogP contribution in [-0.2, 0) is 6.54 Å². The second kappa shape index (κ2) is 5.30. The molecule has 3 nitrogen and oxygen atoms in total. The van der Waals surface area contributed by atoms with Gasteiger partial charge in [0.1, 0.15) is 0 Å². The van der Waals surface area contributed by atoms with E-state index in [2.05, 4.69) is 17.2 Å². The van der Waals surface area contributed by atoms with E-state index in [1.165, 1.54) is 19.3 Å². The van der Waals surface area contributed by atoms with Gasteiger partial charge in [0.15, 0.2) is 0 Å². The average Bonchev–Trinajstić information content (AvgIpc) is 2.73. The normalized spacial score (nSPS) is 24.6. The fraction of sp³-hybridized carbons (Fsp3) is 0.615. The van der Waals surface area contributed by atoms with Gasteiger partial charge < -0.3 is 10.1 Å². The molecule has 0 amide bonds. The highest BCUT2D eigenvalue weighted by Gasteiger charge is 2.20. The van der Waals surface area contributed by atoms with Crippen molar-refractivity contribution in [1.29, 1.82) is 0 Å². The minimum absolute atomic E-state index is 0.669. The van der Waals surface area contributed by atoms with Crippen molar-refractivity contribution in [2.45, 2.75) is 38.8 Å². The molecule has 0 saturated heterocycles. The predicted octanol–water partition coefficient (Wildman–Crippen LogP) is 2.37. The number of hydrogen-bond donors (Lipinski definition) is 1. The third-order valence-electron chi connectivity index (χ3n) is 3.26. The Morgan fingerprint density at radius 3 is 3.00 bits per heavy atom. The standard InChI is InChI=1S/C13H20N2O/c1-10-6-7-11(8-10)14-9-12-4-3-5-13(15-12)16-2/h3-5,10-11,14H,6-9H2,1-2H3. The Hall–Kier alpha value is -1.09. The van der Waals surface area contributed by atoms with Crippen LogP contribution in [-0.4, -0.2) is 18.1 Å². The van der Waals surface area contributed by atoms with Crippen LogP contribution in [0.25, 0.3) is 0 Å². The van der Waals surface area contributed by atoms with Crippen LogP contribution >= 0.6 is 0 Å². The third-order valence-corrected chi connectivity index (χ3v) is 3.26. The summed E-state index contributed by atoms with van der Waals surface area (Å²) in [5.41, 5.74) is 1.05. The second-order valence-corrected chi connectivity index (χ2v) is 4.67. The average molecular weight is 220 g/mol. The topological polar surface area (TPSA) is 34.1 Å². The molecule has 2 atom stereocenters. The largest absolute Gasteiger partial charge is 0.481 e. The van der Waals surface area contributed by atoms with Crippen LogP contribution in [0.15, 0.2) is 18.2 Å². The first-order valence-electron chi connectivity index (χ1n) is 6.01. The summed E-state index contributed by atoms with van der Waals surface area (Å²) in [4.78, 5) is 4.39. The molecule has 2 rings (SSSR count). The maximum atomic E-state index is 5.10. The molecule has 3 heteroatoms. The highest BCUT2D eigenvalue weighted by Crippen LogP contribution is 2.24. The summed E-state index contributed by atoms with van der Waals surface area (Å²) in [6.45, 7) is 3.17. The van der Waals surface area contributed by atoms with Crippen LogP contribution in [0.3, 0.4) is 0 Å². The van der Waals surface area contributed by atoms with E-state index in [0.29, 0.717) is 11.9 Å². The van der Waals surface area contributed by atoms with E-state index in [4.69, 9.17) is 4.74 Å². The van der Waals surface area contributed by atoms with E-state index in [-0.39, 0.29) is 0 Å². The third kappa shape index (κ3) is 2.95. The number of pyridine rings is 1. The van der Waals surface area contributed by atoms with Gasteiger partial charge in [0.05, 0.1) is 12.8 Å². The molecule has 0 spiro atoms. The smallest absolute Gasteiger partial charge is 0.213 e. The van der Waals surface area contributed by atoms with Crippen LogP contribution in [0.4, 0.5) is 0 Å². The lowest BCUT2D eigenvalue weighted by Crippen LogP contribution is -2.26. The predicted molar refractivity (Wildman–Crippen MR) is 64.4 cm³/mol. The minimum Gasteiger partial charge on any atom is -0.481 e. The maximum Gasteiger partial charge on any atom is 0.213 e. The molecule has 1 aliphatic rings. The van der Waals surface area contributed by atoms with E-state index in [1.807, 2.05) is 18.2 Å². The van der Waals surface area contributed by atoms with Gasteiger partial charge in [0, 0.05) is 18.7 Å². The number of rotatable bonds is 4. The highest BCUT2D eigenvalue weighted by molar-refractivity contribution is 5.15. The molecule has 16 heavy (non-hydrogen) atoms. The lowest BCUT2D eigenvalue weighted by molar-refractivity contribution is 0.394. The van der Waals surface area contributed by atoms with Gasteiger partial charge in [0.2, 0.25) is 5.88 Å². The van der Waals surface area contributed by atoms with Crippen molar-refractivity contribution in [2.24, 2.45) is 5.92 Å². The summed E-state index contributed by atoms with van der Waals surface area (Å²) in [6.07, 6.45) is 3.94. The molecule has 1 N–H and O–H groups in total. The van der Waals surface area contributed by atoms with Crippen molar-refractivity contribution in [3.8, 4) is 5.88 Å². The summed E-state index contributed by atoms with van der Waals surface area (Å²) < 4.78 is 5.10. The summed E-state index contributed by atoms with van der Waals surface area (Å²) in [6, 6.07) is 6.57. The van der Waals surface area contributed by atoms with Gasteiger partial charge in [-0.2, -0.15) is 0 Å². The van der Waals surface area contributed by atoms with Crippen molar-refractivity contribution in [2.75, 3.05) is 7.11 Å². The highest BCUT2D eigenvalue weighted by atomic mass is 16.5. The van der Waals surface area contributed by atoms with E-state index < -0.39 is 0 Å². The first-order chi connectivity index (χ1) is 7.78. The maximum absolute atomic E-state index is 5.10. The Morgan fingerprint density at radius 2 is 2.31 bits per heavy atom. The zero-order valence-electron chi connectivity index (χ0n) is 10.1. The quantitative estimate of drug-likeness (QED) is 0.846. The minimum atomic E-state index is 0.669. The summed E-state index contributed by atoms with van der Waals surface area (Å²) in [5, 5.41) is 3.56. The molecule has 1 aromatic rings. The number of hydrogen-bond acceptors (Lipinski definition) is 3. The fourth-order valence-electron chi connectivity index (χ4n) is 2.31. The first kappa shape index (κ1) is 11.4. The van der Waals surface area contributed by atoms with Crippen LogP contribution in [0.1, 0.15) is 31.9 Å². The van der Waals surface area contributed by atoms with Gasteiger partial charge in [0.25, 0.3) is 0 Å². The van der Waals surface area contributed by atoms with Gasteiger partial charge in [-0.25, -0.2) is 4.98 Å². The van der Waals surface area contributed by atoms with Crippen LogP contribution in [0.2, 0.25) is 0 Å². The molecule has 0 bridgehead atoms. The fourth-order valence-corrected chi connectivity index (χ4v) is 2.31. The molecule has 0 radical (unpaired) electrons. The molecule has 1 aromatic heterocycles. The lowest BCUT2D eigenvalue weighted by Gasteiger charge is -2.12. The Labute approximate surface area is 97.2 Å². The van der Waals surface area contributed by atoms with Crippen LogP contribution in [0, 0.1) is 5.92 Å². The van der Waals surface area contributed by atoms with Crippen LogP contribution < -0.4 is 10.1 Å². The van der Waals surface area contributed by atoms with Crippen molar-refractivity contribution in [1.82, 2.24) is 10.3 Å². The number of nitrogens with one attached hydrogen (secondary N) is 1. The van der Waals surface area contributed by atoms with Gasteiger partial charge >= 0.3 is 0 Å². The van der Waals surface area contributed by atoms with E-state index in [9.17, 15) is 0 Å². The second-order valence-electron chi connectivity index (χ2n) is 4.67. The molecular weight excluding hydrogens is 200 g/mol. The van der Waals surface area contributed by atoms with Gasteiger partial charge in [-0.05, 0) is 31.2 Å². The van der Waals surface area contributed by atoms with Gasteiger partial charge in [-0.1, -0.05) is 13.0 Å². The Balaban J connectivity index is 1.84. The van der Waals surface area contributed by atoms with Crippen molar-refractivity contribution in [3.63, 3.8) is 0 Å². The molecule has 1 saturated carbocycles. The van der Waals surface area contributed by atoms with Gasteiger partial charge in [-0.3, -0.25) is 0 Å². The van der Waals surface area contributed by atoms with Crippen LogP contribution in [0.5, 0.6) is 5.88 Å². The SMILES string of the molecule is COc1cccc(CNC2CCC(C)C2)n1. The first-order valence-corrected chi connectivity index (χ1v) is 6.01. The molecule has 2 unspecified atom stereocenters. The lowest BCUT2D eigenvalue weighted by atomic mass is 10.1. The zero-order chi connectivity index (χ0) is 11.4. The molecule has 1 fully saturated rings. The zero-order valence-corrected chi connectivity index (χ0v) is 10.1. The van der Waals surface area contributed by atoms with E-state index in [0.717, 1.165) is 18.2 Å². The Bertz CT molecular complexity index is 340.